The first-order valence-corrected chi connectivity index (χ1v) is 8.65. The van der Waals surface area contributed by atoms with Gasteiger partial charge in [-0.3, -0.25) is 0 Å². The van der Waals surface area contributed by atoms with E-state index in [9.17, 15) is 0 Å². The molecule has 3 unspecified atom stereocenters. The molecule has 0 aromatic heterocycles. The van der Waals surface area contributed by atoms with Gasteiger partial charge in [0, 0.05) is 11.6 Å². The van der Waals surface area contributed by atoms with E-state index in [2.05, 4.69) is 61.6 Å². The van der Waals surface area contributed by atoms with Crippen LogP contribution in [-0.4, -0.2) is 37.1 Å². The van der Waals surface area contributed by atoms with E-state index in [-0.39, 0.29) is 0 Å². The summed E-state index contributed by atoms with van der Waals surface area (Å²) in [6.07, 6.45) is 6.86. The SMILES string of the molecule is CCNC(C1CC1c1ccccc1)C1(N(C)C)CCCC1. The maximum Gasteiger partial charge on any atom is 0.0359 e. The van der Waals surface area contributed by atoms with Crippen molar-refractivity contribution in [1.82, 2.24) is 10.2 Å². The maximum atomic E-state index is 3.87. The summed E-state index contributed by atoms with van der Waals surface area (Å²) < 4.78 is 0. The van der Waals surface area contributed by atoms with Gasteiger partial charge in [0.1, 0.15) is 0 Å². The highest BCUT2D eigenvalue weighted by molar-refractivity contribution is 5.28. The van der Waals surface area contributed by atoms with Gasteiger partial charge in [0.2, 0.25) is 0 Å². The van der Waals surface area contributed by atoms with Crippen LogP contribution in [0.1, 0.15) is 50.5 Å². The Morgan fingerprint density at radius 1 is 1.19 bits per heavy atom. The number of benzene rings is 1. The van der Waals surface area contributed by atoms with Crippen LogP contribution in [0, 0.1) is 5.92 Å². The van der Waals surface area contributed by atoms with Gasteiger partial charge < -0.3 is 10.2 Å². The molecule has 3 rings (SSSR count). The van der Waals surface area contributed by atoms with E-state index in [1.807, 2.05) is 0 Å². The molecule has 2 aliphatic carbocycles. The third-order valence-electron chi connectivity index (χ3n) is 5.86. The van der Waals surface area contributed by atoms with Gasteiger partial charge in [0.05, 0.1) is 0 Å². The minimum Gasteiger partial charge on any atom is -0.312 e. The number of hydrogen-bond acceptors (Lipinski definition) is 2. The summed E-state index contributed by atoms with van der Waals surface area (Å²) in [5.41, 5.74) is 1.92. The Labute approximate surface area is 129 Å². The lowest BCUT2D eigenvalue weighted by Crippen LogP contribution is -2.58. The summed E-state index contributed by atoms with van der Waals surface area (Å²) in [5, 5.41) is 3.87. The standard InChI is InChI=1S/C19H30N2/c1-4-20-18(19(21(2)3)12-8-9-13-19)17-14-16(17)15-10-6-5-7-11-15/h5-7,10-11,16-18,20H,4,8-9,12-14H2,1-3H3. The monoisotopic (exact) mass is 286 g/mol. The van der Waals surface area contributed by atoms with E-state index < -0.39 is 0 Å². The Morgan fingerprint density at radius 3 is 2.43 bits per heavy atom. The minimum atomic E-state index is 0.379. The fraction of sp³-hybridized carbons (Fsp3) is 0.684. The van der Waals surface area contributed by atoms with Crippen molar-refractivity contribution in [1.29, 1.82) is 0 Å². The Hall–Kier alpha value is -0.860. The van der Waals surface area contributed by atoms with Gasteiger partial charge in [-0.15, -0.1) is 0 Å². The molecule has 0 aliphatic heterocycles. The van der Waals surface area contributed by atoms with Crippen LogP contribution < -0.4 is 5.32 Å². The average Bonchev–Trinajstić information content (AvgIpc) is 3.12. The molecule has 2 fully saturated rings. The fourth-order valence-corrected chi connectivity index (χ4v) is 4.65. The molecule has 0 heterocycles. The lowest BCUT2D eigenvalue weighted by Gasteiger charge is -2.44. The molecule has 0 saturated heterocycles. The first kappa shape index (κ1) is 15.1. The van der Waals surface area contributed by atoms with Gasteiger partial charge in [0.15, 0.2) is 0 Å². The Morgan fingerprint density at radius 2 is 1.86 bits per heavy atom. The molecule has 1 N–H and O–H groups in total. The number of likely N-dealkylation sites (N-methyl/N-ethyl adjacent to an activating group) is 2. The van der Waals surface area contributed by atoms with E-state index in [1.165, 1.54) is 37.7 Å². The Kier molecular flexibility index (Phi) is 4.37. The van der Waals surface area contributed by atoms with Crippen molar-refractivity contribution in [3.63, 3.8) is 0 Å². The summed E-state index contributed by atoms with van der Waals surface area (Å²) in [7, 11) is 4.57. The van der Waals surface area contributed by atoms with Crippen LogP contribution in [0.2, 0.25) is 0 Å². The van der Waals surface area contributed by atoms with Crippen LogP contribution in [0.3, 0.4) is 0 Å². The summed E-state index contributed by atoms with van der Waals surface area (Å²) in [6, 6.07) is 11.8. The average molecular weight is 286 g/mol. The highest BCUT2D eigenvalue weighted by Crippen LogP contribution is 2.54. The van der Waals surface area contributed by atoms with Crippen molar-refractivity contribution in [2.24, 2.45) is 5.92 Å². The molecule has 0 amide bonds. The summed E-state index contributed by atoms with van der Waals surface area (Å²) >= 11 is 0. The molecule has 2 saturated carbocycles. The normalized spacial score (nSPS) is 28.8. The van der Waals surface area contributed by atoms with Gasteiger partial charge in [0.25, 0.3) is 0 Å². The van der Waals surface area contributed by atoms with Gasteiger partial charge in [-0.05, 0) is 57.3 Å². The predicted octanol–water partition coefficient (Wildman–Crippen LogP) is 3.64. The summed E-state index contributed by atoms with van der Waals surface area (Å²) in [4.78, 5) is 2.52. The van der Waals surface area contributed by atoms with Crippen molar-refractivity contribution < 1.29 is 0 Å². The smallest absolute Gasteiger partial charge is 0.0359 e. The molecule has 2 heteroatoms. The zero-order chi connectivity index (χ0) is 14.9. The molecule has 21 heavy (non-hydrogen) atoms. The summed E-state index contributed by atoms with van der Waals surface area (Å²) in [5.74, 6) is 1.58. The molecule has 0 radical (unpaired) electrons. The molecule has 0 spiro atoms. The first-order valence-electron chi connectivity index (χ1n) is 8.65. The number of nitrogens with one attached hydrogen (secondary N) is 1. The van der Waals surface area contributed by atoms with Crippen LogP contribution >= 0.6 is 0 Å². The first-order chi connectivity index (χ1) is 10.2. The number of nitrogens with zero attached hydrogens (tertiary/aromatic N) is 1. The van der Waals surface area contributed by atoms with Crippen LogP contribution in [0.5, 0.6) is 0 Å². The van der Waals surface area contributed by atoms with E-state index in [1.54, 1.807) is 0 Å². The van der Waals surface area contributed by atoms with E-state index in [0.717, 1.165) is 18.4 Å². The largest absolute Gasteiger partial charge is 0.312 e. The molecule has 116 valence electrons. The van der Waals surface area contributed by atoms with Gasteiger partial charge >= 0.3 is 0 Å². The second-order valence-corrected chi connectivity index (χ2v) is 7.16. The molecular weight excluding hydrogens is 256 g/mol. The van der Waals surface area contributed by atoms with Crippen molar-refractivity contribution in [3.8, 4) is 0 Å². The van der Waals surface area contributed by atoms with Crippen LogP contribution in [0.25, 0.3) is 0 Å². The molecule has 0 bridgehead atoms. The lowest BCUT2D eigenvalue weighted by atomic mass is 9.82. The van der Waals surface area contributed by atoms with Crippen molar-refractivity contribution in [3.05, 3.63) is 35.9 Å². The van der Waals surface area contributed by atoms with Gasteiger partial charge in [-0.2, -0.15) is 0 Å². The van der Waals surface area contributed by atoms with E-state index in [4.69, 9.17) is 0 Å². The highest BCUT2D eigenvalue weighted by atomic mass is 15.2. The molecule has 1 aromatic rings. The van der Waals surface area contributed by atoms with Crippen molar-refractivity contribution >= 4 is 0 Å². The molecule has 3 atom stereocenters. The van der Waals surface area contributed by atoms with Gasteiger partial charge in [-0.25, -0.2) is 0 Å². The number of rotatable bonds is 6. The molecule has 2 nitrogen and oxygen atoms in total. The Balaban J connectivity index is 1.80. The van der Waals surface area contributed by atoms with Crippen LogP contribution in [0.4, 0.5) is 0 Å². The zero-order valence-corrected chi connectivity index (χ0v) is 13.8. The quantitative estimate of drug-likeness (QED) is 0.859. The van der Waals surface area contributed by atoms with Crippen LogP contribution in [-0.2, 0) is 0 Å². The van der Waals surface area contributed by atoms with Crippen LogP contribution in [0.15, 0.2) is 30.3 Å². The highest BCUT2D eigenvalue weighted by Gasteiger charge is 2.53. The predicted molar refractivity (Wildman–Crippen MR) is 89.6 cm³/mol. The van der Waals surface area contributed by atoms with Crippen molar-refractivity contribution in [2.45, 2.75) is 56.5 Å². The lowest BCUT2D eigenvalue weighted by molar-refractivity contribution is 0.0934. The third kappa shape index (κ3) is 2.76. The molecular formula is C19H30N2. The molecule has 1 aromatic carbocycles. The zero-order valence-electron chi connectivity index (χ0n) is 13.8. The second kappa shape index (κ2) is 6.10. The van der Waals surface area contributed by atoms with Gasteiger partial charge in [-0.1, -0.05) is 50.1 Å². The third-order valence-corrected chi connectivity index (χ3v) is 5.86. The molecule has 2 aliphatic rings. The number of hydrogen-bond donors (Lipinski definition) is 1. The minimum absolute atomic E-state index is 0.379. The Bertz CT molecular complexity index is 448. The topological polar surface area (TPSA) is 15.3 Å². The maximum absolute atomic E-state index is 3.87. The second-order valence-electron chi connectivity index (χ2n) is 7.16. The van der Waals surface area contributed by atoms with Crippen molar-refractivity contribution in [2.75, 3.05) is 20.6 Å². The summed E-state index contributed by atoms with van der Waals surface area (Å²) in [6.45, 7) is 3.34. The van der Waals surface area contributed by atoms with E-state index in [0.29, 0.717) is 11.6 Å². The van der Waals surface area contributed by atoms with E-state index >= 15 is 0 Å². The fourth-order valence-electron chi connectivity index (χ4n) is 4.65.